The number of hydrogen-bond donors (Lipinski definition) is 3. The van der Waals surface area contributed by atoms with Crippen LogP contribution in [0.1, 0.15) is 30.1 Å². The molecule has 18 heavy (non-hydrogen) atoms. The summed E-state index contributed by atoms with van der Waals surface area (Å²) in [6.45, 7) is 2.96. The quantitative estimate of drug-likeness (QED) is 0.747. The van der Waals surface area contributed by atoms with Crippen molar-refractivity contribution in [3.63, 3.8) is 0 Å². The monoisotopic (exact) mass is 244 g/mol. The summed E-state index contributed by atoms with van der Waals surface area (Å²) >= 11 is 0. The van der Waals surface area contributed by atoms with Crippen molar-refractivity contribution in [3.8, 4) is 0 Å². The molecule has 1 fully saturated rings. The molecule has 0 saturated carbocycles. The SMILES string of the molecule is C[C@@]1(NC(=O)c2cccc3[nH]cnc23)CCCN1. The van der Waals surface area contributed by atoms with Crippen molar-refractivity contribution in [2.45, 2.75) is 25.4 Å². The number of fused-ring (bicyclic) bond motifs is 1. The number of carbonyl (C=O) groups excluding carboxylic acids is 1. The standard InChI is InChI=1S/C13H16N4O/c1-13(6-3-7-16-13)17-12(18)9-4-2-5-10-11(9)15-8-14-10/h2,4-5,8,16H,3,6-7H2,1H3,(H,14,15)(H,17,18)/t13-/m1/s1. The number of para-hydroxylation sites is 1. The summed E-state index contributed by atoms with van der Waals surface area (Å²) in [5, 5.41) is 6.36. The van der Waals surface area contributed by atoms with Gasteiger partial charge in [-0.3, -0.25) is 10.1 Å². The molecule has 1 amide bonds. The number of rotatable bonds is 2. The van der Waals surface area contributed by atoms with E-state index in [1.807, 2.05) is 19.1 Å². The third-order valence-corrected chi connectivity index (χ3v) is 3.45. The molecule has 5 nitrogen and oxygen atoms in total. The number of aromatic amines is 1. The molecule has 1 saturated heterocycles. The Balaban J connectivity index is 1.90. The van der Waals surface area contributed by atoms with Crippen LogP contribution in [0.2, 0.25) is 0 Å². The summed E-state index contributed by atoms with van der Waals surface area (Å²) in [5.74, 6) is -0.0791. The van der Waals surface area contributed by atoms with E-state index in [4.69, 9.17) is 0 Å². The predicted molar refractivity (Wildman–Crippen MR) is 69.2 cm³/mol. The van der Waals surface area contributed by atoms with Crippen molar-refractivity contribution < 1.29 is 4.79 Å². The number of carbonyl (C=O) groups is 1. The highest BCUT2D eigenvalue weighted by Gasteiger charge is 2.30. The van der Waals surface area contributed by atoms with Gasteiger partial charge in [0.15, 0.2) is 0 Å². The fourth-order valence-corrected chi connectivity index (χ4v) is 2.47. The lowest BCUT2D eigenvalue weighted by Gasteiger charge is -2.25. The fraction of sp³-hybridized carbons (Fsp3) is 0.385. The molecule has 94 valence electrons. The van der Waals surface area contributed by atoms with Gasteiger partial charge in [0.05, 0.1) is 23.1 Å². The molecule has 0 unspecified atom stereocenters. The minimum atomic E-state index is -0.296. The Labute approximate surface area is 105 Å². The second kappa shape index (κ2) is 4.10. The van der Waals surface area contributed by atoms with E-state index in [9.17, 15) is 4.79 Å². The average molecular weight is 244 g/mol. The van der Waals surface area contributed by atoms with Gasteiger partial charge in [0.25, 0.3) is 5.91 Å². The molecule has 1 aliphatic heterocycles. The molecule has 0 aliphatic carbocycles. The van der Waals surface area contributed by atoms with Crippen molar-refractivity contribution in [1.29, 1.82) is 0 Å². The molecule has 3 rings (SSSR count). The van der Waals surface area contributed by atoms with E-state index in [1.165, 1.54) is 0 Å². The zero-order valence-electron chi connectivity index (χ0n) is 10.3. The second-order valence-electron chi connectivity index (χ2n) is 4.92. The van der Waals surface area contributed by atoms with Gasteiger partial charge < -0.3 is 10.3 Å². The van der Waals surface area contributed by atoms with E-state index in [0.29, 0.717) is 5.56 Å². The molecule has 3 N–H and O–H groups in total. The molecular formula is C13H16N4O. The van der Waals surface area contributed by atoms with Crippen LogP contribution in [0.25, 0.3) is 11.0 Å². The largest absolute Gasteiger partial charge is 0.345 e. The highest BCUT2D eigenvalue weighted by molar-refractivity contribution is 6.05. The molecule has 2 aromatic rings. The molecule has 1 aromatic heterocycles. The van der Waals surface area contributed by atoms with Crippen molar-refractivity contribution in [2.24, 2.45) is 0 Å². The van der Waals surface area contributed by atoms with E-state index < -0.39 is 0 Å². The maximum atomic E-state index is 12.3. The lowest BCUT2D eigenvalue weighted by atomic mass is 10.1. The number of nitrogens with zero attached hydrogens (tertiary/aromatic N) is 1. The first-order valence-electron chi connectivity index (χ1n) is 6.18. The Kier molecular flexibility index (Phi) is 2.56. The van der Waals surface area contributed by atoms with Gasteiger partial charge in [0.1, 0.15) is 5.52 Å². The third-order valence-electron chi connectivity index (χ3n) is 3.45. The maximum absolute atomic E-state index is 12.3. The van der Waals surface area contributed by atoms with Crippen LogP contribution in [0, 0.1) is 0 Å². The van der Waals surface area contributed by atoms with Crippen molar-refractivity contribution in [1.82, 2.24) is 20.6 Å². The van der Waals surface area contributed by atoms with Crippen LogP contribution >= 0.6 is 0 Å². The van der Waals surface area contributed by atoms with Gasteiger partial charge in [-0.05, 0) is 38.4 Å². The van der Waals surface area contributed by atoms with Gasteiger partial charge in [0.2, 0.25) is 0 Å². The van der Waals surface area contributed by atoms with Gasteiger partial charge in [-0.25, -0.2) is 4.98 Å². The maximum Gasteiger partial charge on any atom is 0.254 e. The molecule has 5 heteroatoms. The number of benzene rings is 1. The Morgan fingerprint density at radius 3 is 3.17 bits per heavy atom. The van der Waals surface area contributed by atoms with Gasteiger partial charge in [-0.15, -0.1) is 0 Å². The Morgan fingerprint density at radius 1 is 1.50 bits per heavy atom. The van der Waals surface area contributed by atoms with E-state index in [-0.39, 0.29) is 11.6 Å². The Morgan fingerprint density at radius 2 is 2.39 bits per heavy atom. The van der Waals surface area contributed by atoms with Crippen LogP contribution in [0.15, 0.2) is 24.5 Å². The summed E-state index contributed by atoms with van der Waals surface area (Å²) < 4.78 is 0. The highest BCUT2D eigenvalue weighted by atomic mass is 16.2. The fourth-order valence-electron chi connectivity index (χ4n) is 2.47. The summed E-state index contributed by atoms with van der Waals surface area (Å²) in [4.78, 5) is 19.5. The van der Waals surface area contributed by atoms with Crippen LogP contribution in [-0.2, 0) is 0 Å². The Bertz CT molecular complexity index is 583. The topological polar surface area (TPSA) is 69.8 Å². The van der Waals surface area contributed by atoms with E-state index in [2.05, 4.69) is 20.6 Å². The van der Waals surface area contributed by atoms with Gasteiger partial charge in [-0.2, -0.15) is 0 Å². The molecule has 1 atom stereocenters. The summed E-state index contributed by atoms with van der Waals surface area (Å²) in [6.07, 6.45) is 3.65. The number of aromatic nitrogens is 2. The summed E-state index contributed by atoms with van der Waals surface area (Å²) in [5.41, 5.74) is 1.92. The first-order valence-corrected chi connectivity index (χ1v) is 6.18. The molecule has 0 radical (unpaired) electrons. The first-order chi connectivity index (χ1) is 8.68. The van der Waals surface area contributed by atoms with Crippen LogP contribution in [0.5, 0.6) is 0 Å². The van der Waals surface area contributed by atoms with Gasteiger partial charge in [0, 0.05) is 0 Å². The number of hydrogen-bond acceptors (Lipinski definition) is 3. The molecule has 1 aliphatic rings. The third kappa shape index (κ3) is 1.86. The van der Waals surface area contributed by atoms with Crippen molar-refractivity contribution in [3.05, 3.63) is 30.1 Å². The normalized spacial score (nSPS) is 23.4. The minimum absolute atomic E-state index is 0.0791. The van der Waals surface area contributed by atoms with Crippen LogP contribution in [-0.4, -0.2) is 28.1 Å². The predicted octanol–water partition coefficient (Wildman–Crippen LogP) is 1.39. The number of imidazole rings is 1. The van der Waals surface area contributed by atoms with Crippen LogP contribution in [0.3, 0.4) is 0 Å². The van der Waals surface area contributed by atoms with Gasteiger partial charge in [-0.1, -0.05) is 6.07 Å². The van der Waals surface area contributed by atoms with E-state index >= 15 is 0 Å². The van der Waals surface area contributed by atoms with Crippen LogP contribution < -0.4 is 10.6 Å². The zero-order chi connectivity index (χ0) is 12.6. The van der Waals surface area contributed by atoms with E-state index in [1.54, 1.807) is 12.4 Å². The number of nitrogens with one attached hydrogen (secondary N) is 3. The molecule has 2 heterocycles. The minimum Gasteiger partial charge on any atom is -0.345 e. The smallest absolute Gasteiger partial charge is 0.254 e. The van der Waals surface area contributed by atoms with E-state index in [0.717, 1.165) is 30.4 Å². The lowest BCUT2D eigenvalue weighted by molar-refractivity contribution is 0.0899. The molecular weight excluding hydrogens is 228 g/mol. The number of H-pyrrole nitrogens is 1. The zero-order valence-corrected chi connectivity index (χ0v) is 10.3. The molecule has 0 spiro atoms. The van der Waals surface area contributed by atoms with Gasteiger partial charge >= 0.3 is 0 Å². The average Bonchev–Trinajstić information content (AvgIpc) is 2.96. The summed E-state index contributed by atoms with van der Waals surface area (Å²) in [7, 11) is 0. The summed E-state index contributed by atoms with van der Waals surface area (Å²) in [6, 6.07) is 5.57. The Hall–Kier alpha value is -1.88. The lowest BCUT2D eigenvalue weighted by Crippen LogP contribution is -2.52. The highest BCUT2D eigenvalue weighted by Crippen LogP contribution is 2.18. The molecule has 1 aromatic carbocycles. The number of amides is 1. The van der Waals surface area contributed by atoms with Crippen molar-refractivity contribution >= 4 is 16.9 Å². The van der Waals surface area contributed by atoms with Crippen molar-refractivity contribution in [2.75, 3.05) is 6.54 Å². The first kappa shape index (κ1) is 11.2. The molecule has 0 bridgehead atoms. The second-order valence-corrected chi connectivity index (χ2v) is 4.92. The van der Waals surface area contributed by atoms with Crippen LogP contribution in [0.4, 0.5) is 0 Å².